The van der Waals surface area contributed by atoms with Gasteiger partial charge in [0.25, 0.3) is 0 Å². The molecular weight excluding hydrogens is 413 g/mol. The molecule has 3 aromatic heterocycles. The maximum absolute atomic E-state index is 13.1. The highest BCUT2D eigenvalue weighted by molar-refractivity contribution is 5.95. The van der Waals surface area contributed by atoms with E-state index in [4.69, 9.17) is 4.74 Å². The molecule has 3 rings (SSSR count). The number of aryl methyl sites for hydroxylation is 1. The molecule has 31 heavy (non-hydrogen) atoms. The smallest absolute Gasteiger partial charge is 0.364 e. The van der Waals surface area contributed by atoms with Crippen molar-refractivity contribution in [3.63, 3.8) is 0 Å². The van der Waals surface area contributed by atoms with Crippen molar-refractivity contribution in [2.45, 2.75) is 26.8 Å². The van der Waals surface area contributed by atoms with Gasteiger partial charge in [0.05, 0.1) is 30.0 Å². The normalized spacial score (nSPS) is 11.6. The van der Waals surface area contributed by atoms with E-state index in [1.807, 2.05) is 0 Å². The largest absolute Gasteiger partial charge is 0.461 e. The van der Waals surface area contributed by atoms with Gasteiger partial charge in [-0.3, -0.25) is 15.2 Å². The van der Waals surface area contributed by atoms with Crippen molar-refractivity contribution in [2.24, 2.45) is 0 Å². The minimum absolute atomic E-state index is 0.0100. The molecule has 0 unspecified atom stereocenters. The van der Waals surface area contributed by atoms with Gasteiger partial charge in [0.15, 0.2) is 11.6 Å². The zero-order valence-electron chi connectivity index (χ0n) is 16.7. The maximum Gasteiger partial charge on any atom is 0.364 e. The fourth-order valence-corrected chi connectivity index (χ4v) is 2.53. The molecule has 1 atom stereocenters. The van der Waals surface area contributed by atoms with E-state index in [1.165, 1.54) is 0 Å². The van der Waals surface area contributed by atoms with Crippen LogP contribution in [0.5, 0.6) is 0 Å². The number of hydrogen-bond acceptors (Lipinski definition) is 11. The van der Waals surface area contributed by atoms with Gasteiger partial charge < -0.3 is 15.4 Å². The average Bonchev–Trinajstić information content (AvgIpc) is 3.12. The Labute approximate surface area is 174 Å². The Morgan fingerprint density at radius 1 is 1.35 bits per heavy atom. The third-order valence-electron chi connectivity index (χ3n) is 3.86. The number of H-pyrrole nitrogens is 1. The summed E-state index contributed by atoms with van der Waals surface area (Å²) < 4.78 is 18.0. The molecule has 0 saturated heterocycles. The molecule has 3 N–H and O–H groups in total. The number of aromatic amines is 1. The third-order valence-corrected chi connectivity index (χ3v) is 3.86. The number of ether oxygens (including phenoxy) is 1. The molecular formula is C17H18FN9O4. The fourth-order valence-electron chi connectivity index (χ4n) is 2.53. The van der Waals surface area contributed by atoms with E-state index in [-0.39, 0.29) is 30.0 Å². The number of nitrogens with zero attached hydrogens (tertiary/aromatic N) is 6. The van der Waals surface area contributed by atoms with Crippen LogP contribution in [-0.2, 0) is 4.74 Å². The minimum Gasteiger partial charge on any atom is -0.461 e. The molecule has 0 spiro atoms. The molecule has 162 valence electrons. The molecule has 0 aliphatic carbocycles. The van der Waals surface area contributed by atoms with Crippen molar-refractivity contribution < 1.29 is 18.8 Å². The number of nitrogens with one attached hydrogen (secondary N) is 3. The van der Waals surface area contributed by atoms with Crippen LogP contribution in [0.25, 0.3) is 0 Å². The number of nitro groups is 1. The number of carbonyl (C=O) groups excluding carboxylic acids is 1. The molecule has 13 nitrogen and oxygen atoms in total. The van der Waals surface area contributed by atoms with Crippen LogP contribution in [0.3, 0.4) is 0 Å². The maximum atomic E-state index is 13.1. The number of esters is 1. The quantitative estimate of drug-likeness (QED) is 0.271. The summed E-state index contributed by atoms with van der Waals surface area (Å²) in [5.41, 5.74) is -0.521. The highest BCUT2D eigenvalue weighted by atomic mass is 19.1. The minimum atomic E-state index is -0.994. The Balaban J connectivity index is 2.04. The lowest BCUT2D eigenvalue weighted by Crippen LogP contribution is -2.18. The first kappa shape index (κ1) is 21.5. The summed E-state index contributed by atoms with van der Waals surface area (Å²) in [6.45, 7) is 4.94. The molecule has 0 radical (unpaired) electrons. The van der Waals surface area contributed by atoms with Crippen LogP contribution in [0.15, 0.2) is 18.5 Å². The van der Waals surface area contributed by atoms with E-state index in [2.05, 4.69) is 40.8 Å². The number of hydrogen-bond donors (Lipinski definition) is 3. The molecule has 0 aliphatic rings. The van der Waals surface area contributed by atoms with E-state index in [0.29, 0.717) is 5.69 Å². The van der Waals surface area contributed by atoms with Crippen molar-refractivity contribution in [3.05, 3.63) is 51.6 Å². The highest BCUT2D eigenvalue weighted by Crippen LogP contribution is 2.30. The summed E-state index contributed by atoms with van der Waals surface area (Å²) in [6.07, 6.45) is 1.99. The molecule has 0 saturated carbocycles. The first-order valence-electron chi connectivity index (χ1n) is 9.05. The summed E-state index contributed by atoms with van der Waals surface area (Å²) in [5.74, 6) is -1.54. The van der Waals surface area contributed by atoms with Crippen molar-refractivity contribution >= 4 is 29.2 Å². The van der Waals surface area contributed by atoms with Gasteiger partial charge in [0.1, 0.15) is 5.82 Å². The highest BCUT2D eigenvalue weighted by Gasteiger charge is 2.31. The summed E-state index contributed by atoms with van der Waals surface area (Å²) in [7, 11) is 0. The van der Waals surface area contributed by atoms with Crippen LogP contribution in [-0.4, -0.2) is 47.6 Å². The van der Waals surface area contributed by atoms with Crippen LogP contribution in [0.2, 0.25) is 0 Å². The zero-order valence-corrected chi connectivity index (χ0v) is 16.7. The topological polar surface area (TPSA) is 174 Å². The van der Waals surface area contributed by atoms with Crippen LogP contribution in [0.1, 0.15) is 41.9 Å². The lowest BCUT2D eigenvalue weighted by atomic mass is 10.3. The van der Waals surface area contributed by atoms with Gasteiger partial charge in [-0.15, -0.1) is 0 Å². The lowest BCUT2D eigenvalue weighted by Gasteiger charge is -2.14. The Morgan fingerprint density at radius 3 is 2.65 bits per heavy atom. The van der Waals surface area contributed by atoms with Crippen LogP contribution in [0, 0.1) is 22.9 Å². The Bertz CT molecular complexity index is 1100. The van der Waals surface area contributed by atoms with Gasteiger partial charge in [-0.05, 0) is 20.8 Å². The number of aromatic nitrogens is 6. The summed E-state index contributed by atoms with van der Waals surface area (Å²) in [6, 6.07) is 0.982. The van der Waals surface area contributed by atoms with Crippen molar-refractivity contribution in [1.29, 1.82) is 0 Å². The van der Waals surface area contributed by atoms with Crippen LogP contribution >= 0.6 is 0 Å². The Hall–Kier alpha value is -4.23. The van der Waals surface area contributed by atoms with Crippen LogP contribution in [0.4, 0.5) is 27.7 Å². The van der Waals surface area contributed by atoms with Crippen LogP contribution < -0.4 is 10.6 Å². The van der Waals surface area contributed by atoms with Gasteiger partial charge in [-0.1, -0.05) is 0 Å². The summed E-state index contributed by atoms with van der Waals surface area (Å²) in [4.78, 5) is 39.1. The van der Waals surface area contributed by atoms with E-state index in [1.54, 1.807) is 26.8 Å². The second-order valence-corrected chi connectivity index (χ2v) is 6.26. The van der Waals surface area contributed by atoms with Crippen molar-refractivity contribution in [2.75, 3.05) is 17.2 Å². The molecule has 0 aliphatic heterocycles. The standard InChI is InChI=1S/C17H18FN9O4/c1-4-31-16(28)12-13(27(29)30)15(22-11-5-8(2)25-26-11)24-17(23-12)21-9(3)14-19-6-10(18)7-20-14/h5-7,9H,4H2,1-3H3,(H3,21,22,23,24,25,26)/t9-/m0/s1. The van der Waals surface area contributed by atoms with Gasteiger partial charge in [0, 0.05) is 11.8 Å². The predicted octanol–water partition coefficient (Wildman–Crippen LogP) is 2.44. The number of rotatable bonds is 8. The molecule has 3 aromatic rings. The molecule has 0 aromatic carbocycles. The second kappa shape index (κ2) is 9.06. The van der Waals surface area contributed by atoms with Gasteiger partial charge in [-0.25, -0.2) is 19.2 Å². The Morgan fingerprint density at radius 2 is 2.06 bits per heavy atom. The Kier molecular flexibility index (Phi) is 6.28. The van der Waals surface area contributed by atoms with Crippen molar-refractivity contribution in [3.8, 4) is 0 Å². The van der Waals surface area contributed by atoms with Gasteiger partial charge in [0.2, 0.25) is 17.5 Å². The second-order valence-electron chi connectivity index (χ2n) is 6.26. The van der Waals surface area contributed by atoms with E-state index in [9.17, 15) is 19.3 Å². The monoisotopic (exact) mass is 431 g/mol. The van der Waals surface area contributed by atoms with E-state index >= 15 is 0 Å². The fraction of sp³-hybridized carbons (Fsp3) is 0.294. The van der Waals surface area contributed by atoms with Crippen molar-refractivity contribution in [1.82, 2.24) is 30.1 Å². The number of anilines is 3. The first-order chi connectivity index (χ1) is 14.8. The molecule has 0 amide bonds. The summed E-state index contributed by atoms with van der Waals surface area (Å²) in [5, 5.41) is 23.9. The average molecular weight is 431 g/mol. The number of carbonyl (C=O) groups is 1. The zero-order chi connectivity index (χ0) is 22.5. The first-order valence-corrected chi connectivity index (χ1v) is 9.05. The van der Waals surface area contributed by atoms with E-state index < -0.39 is 34.1 Å². The van der Waals surface area contributed by atoms with Gasteiger partial charge in [-0.2, -0.15) is 15.1 Å². The molecule has 0 fully saturated rings. The van der Waals surface area contributed by atoms with Gasteiger partial charge >= 0.3 is 11.7 Å². The third kappa shape index (κ3) is 5.04. The summed E-state index contributed by atoms with van der Waals surface area (Å²) >= 11 is 0. The predicted molar refractivity (Wildman–Crippen MR) is 105 cm³/mol. The lowest BCUT2D eigenvalue weighted by molar-refractivity contribution is -0.384. The molecule has 14 heteroatoms. The van der Waals surface area contributed by atoms with E-state index in [0.717, 1.165) is 12.4 Å². The molecule has 0 bridgehead atoms. The SMILES string of the molecule is CCOC(=O)c1nc(N[C@@H](C)c2ncc(F)cn2)nc(Nc2cc(C)[nH]n2)c1[N+](=O)[O-]. The number of halogens is 1. The molecule has 3 heterocycles.